The van der Waals surface area contributed by atoms with E-state index < -0.39 is 15.4 Å². The molecule has 0 aromatic carbocycles. The number of sulfone groups is 1. The van der Waals surface area contributed by atoms with E-state index in [0.29, 0.717) is 11.7 Å². The van der Waals surface area contributed by atoms with Crippen molar-refractivity contribution in [3.05, 3.63) is 0 Å². The Kier molecular flexibility index (Phi) is 3.02. The SMILES string of the molecule is CC(C)(N)CS(=O)(=O)CC1CCC1. The van der Waals surface area contributed by atoms with Gasteiger partial charge in [0.25, 0.3) is 0 Å². The highest BCUT2D eigenvalue weighted by Gasteiger charge is 2.28. The van der Waals surface area contributed by atoms with Gasteiger partial charge in [0.2, 0.25) is 0 Å². The standard InChI is InChI=1S/C9H19NO2S/c1-9(2,10)7-13(11,12)6-8-4-3-5-8/h8H,3-7,10H2,1-2H3. The molecule has 0 amide bonds. The summed E-state index contributed by atoms with van der Waals surface area (Å²) in [5.74, 6) is 0.858. The van der Waals surface area contributed by atoms with Gasteiger partial charge in [-0.15, -0.1) is 0 Å². The van der Waals surface area contributed by atoms with Gasteiger partial charge in [-0.25, -0.2) is 8.42 Å². The van der Waals surface area contributed by atoms with Crippen molar-refractivity contribution < 1.29 is 8.42 Å². The van der Waals surface area contributed by atoms with Crippen LogP contribution >= 0.6 is 0 Å². The molecule has 3 nitrogen and oxygen atoms in total. The van der Waals surface area contributed by atoms with E-state index in [1.807, 2.05) is 0 Å². The highest BCUT2D eigenvalue weighted by Crippen LogP contribution is 2.28. The van der Waals surface area contributed by atoms with E-state index in [2.05, 4.69) is 0 Å². The largest absolute Gasteiger partial charge is 0.325 e. The zero-order valence-corrected chi connectivity index (χ0v) is 9.23. The number of nitrogens with two attached hydrogens (primary N) is 1. The van der Waals surface area contributed by atoms with Crippen LogP contribution in [0.5, 0.6) is 0 Å². The normalized spacial score (nSPS) is 19.9. The summed E-state index contributed by atoms with van der Waals surface area (Å²) in [6.45, 7) is 3.51. The third-order valence-corrected chi connectivity index (χ3v) is 4.47. The average Bonchev–Trinajstić information content (AvgIpc) is 1.73. The molecule has 1 rings (SSSR count). The highest BCUT2D eigenvalue weighted by atomic mass is 32.2. The molecule has 0 saturated heterocycles. The van der Waals surface area contributed by atoms with Crippen molar-refractivity contribution in [2.24, 2.45) is 11.7 Å². The molecule has 0 aliphatic heterocycles. The van der Waals surface area contributed by atoms with Gasteiger partial charge in [0.15, 0.2) is 9.84 Å². The summed E-state index contributed by atoms with van der Waals surface area (Å²) in [4.78, 5) is 0. The minimum atomic E-state index is -2.92. The summed E-state index contributed by atoms with van der Waals surface area (Å²) in [6, 6.07) is 0. The predicted molar refractivity (Wildman–Crippen MR) is 54.3 cm³/mol. The topological polar surface area (TPSA) is 60.2 Å². The first kappa shape index (κ1) is 11.0. The molecule has 0 aromatic rings. The van der Waals surface area contributed by atoms with Crippen molar-refractivity contribution >= 4 is 9.84 Å². The average molecular weight is 205 g/mol. The molecular formula is C9H19NO2S. The monoisotopic (exact) mass is 205 g/mol. The van der Waals surface area contributed by atoms with Crippen LogP contribution in [0.1, 0.15) is 33.1 Å². The molecule has 4 heteroatoms. The summed E-state index contributed by atoms with van der Waals surface area (Å²) in [5.41, 5.74) is 5.08. The summed E-state index contributed by atoms with van der Waals surface area (Å²) < 4.78 is 23.1. The van der Waals surface area contributed by atoms with Crippen LogP contribution in [0.4, 0.5) is 0 Å². The second-order valence-electron chi connectivity index (χ2n) is 4.84. The van der Waals surface area contributed by atoms with Crippen LogP contribution in [-0.2, 0) is 9.84 Å². The lowest BCUT2D eigenvalue weighted by Gasteiger charge is -2.26. The number of rotatable bonds is 4. The Morgan fingerprint density at radius 1 is 1.38 bits per heavy atom. The lowest BCUT2D eigenvalue weighted by atomic mass is 9.87. The van der Waals surface area contributed by atoms with Gasteiger partial charge in [-0.3, -0.25) is 0 Å². The first-order valence-electron chi connectivity index (χ1n) is 4.78. The van der Waals surface area contributed by atoms with Crippen molar-refractivity contribution in [3.8, 4) is 0 Å². The van der Waals surface area contributed by atoms with Crippen LogP contribution in [-0.4, -0.2) is 25.5 Å². The van der Waals surface area contributed by atoms with E-state index in [-0.39, 0.29) is 5.75 Å². The van der Waals surface area contributed by atoms with Gasteiger partial charge < -0.3 is 5.73 Å². The molecule has 1 aliphatic rings. The van der Waals surface area contributed by atoms with E-state index in [9.17, 15) is 8.42 Å². The summed E-state index contributed by atoms with van der Waals surface area (Å²) in [5, 5.41) is 0. The lowest BCUT2D eigenvalue weighted by Crippen LogP contribution is -2.41. The van der Waals surface area contributed by atoms with E-state index in [1.165, 1.54) is 6.42 Å². The second-order valence-corrected chi connectivity index (χ2v) is 6.95. The minimum Gasteiger partial charge on any atom is -0.325 e. The Balaban J connectivity index is 2.46. The molecule has 13 heavy (non-hydrogen) atoms. The smallest absolute Gasteiger partial charge is 0.152 e. The molecule has 1 saturated carbocycles. The first-order chi connectivity index (χ1) is 5.79. The number of hydrogen-bond acceptors (Lipinski definition) is 3. The molecule has 2 N–H and O–H groups in total. The van der Waals surface area contributed by atoms with Crippen molar-refractivity contribution in [2.75, 3.05) is 11.5 Å². The molecule has 1 aliphatic carbocycles. The van der Waals surface area contributed by atoms with Crippen LogP contribution < -0.4 is 5.73 Å². The fourth-order valence-electron chi connectivity index (χ4n) is 1.64. The van der Waals surface area contributed by atoms with Crippen molar-refractivity contribution in [2.45, 2.75) is 38.6 Å². The fraction of sp³-hybridized carbons (Fsp3) is 1.00. The summed E-state index contributed by atoms with van der Waals surface area (Å²) in [6.07, 6.45) is 3.33. The quantitative estimate of drug-likeness (QED) is 0.743. The highest BCUT2D eigenvalue weighted by molar-refractivity contribution is 7.91. The van der Waals surface area contributed by atoms with E-state index in [1.54, 1.807) is 13.8 Å². The number of hydrogen-bond donors (Lipinski definition) is 1. The van der Waals surface area contributed by atoms with Crippen LogP contribution in [0.3, 0.4) is 0 Å². The van der Waals surface area contributed by atoms with Gasteiger partial charge in [0.05, 0.1) is 11.5 Å². The fourth-order valence-corrected chi connectivity index (χ4v) is 3.95. The molecular weight excluding hydrogens is 186 g/mol. The van der Waals surface area contributed by atoms with Crippen molar-refractivity contribution in [1.82, 2.24) is 0 Å². The molecule has 0 atom stereocenters. The zero-order chi connectivity index (χ0) is 10.1. The Bertz CT molecular complexity index is 260. The predicted octanol–water partition coefficient (Wildman–Crippen LogP) is 0.939. The van der Waals surface area contributed by atoms with Gasteiger partial charge >= 0.3 is 0 Å². The summed E-state index contributed by atoms with van der Waals surface area (Å²) >= 11 is 0. The first-order valence-corrected chi connectivity index (χ1v) is 6.60. The third kappa shape index (κ3) is 4.09. The molecule has 0 aromatic heterocycles. The molecule has 0 bridgehead atoms. The lowest BCUT2D eigenvalue weighted by molar-refractivity contribution is 0.346. The maximum absolute atomic E-state index is 11.6. The van der Waals surface area contributed by atoms with Crippen molar-refractivity contribution in [1.29, 1.82) is 0 Å². The second kappa shape index (κ2) is 3.58. The Labute approximate surface area is 80.6 Å². The van der Waals surface area contributed by atoms with E-state index in [0.717, 1.165) is 12.8 Å². The molecule has 0 spiro atoms. The maximum atomic E-state index is 11.6. The van der Waals surface area contributed by atoms with Gasteiger partial charge in [-0.2, -0.15) is 0 Å². The van der Waals surface area contributed by atoms with Crippen LogP contribution in [0.15, 0.2) is 0 Å². The summed E-state index contributed by atoms with van der Waals surface area (Å²) in [7, 11) is -2.92. The van der Waals surface area contributed by atoms with Crippen LogP contribution in [0.25, 0.3) is 0 Å². The zero-order valence-electron chi connectivity index (χ0n) is 8.41. The van der Waals surface area contributed by atoms with Gasteiger partial charge in [-0.1, -0.05) is 6.42 Å². The molecule has 0 heterocycles. The van der Waals surface area contributed by atoms with Crippen LogP contribution in [0, 0.1) is 5.92 Å². The Hall–Kier alpha value is -0.0900. The van der Waals surface area contributed by atoms with Gasteiger partial charge in [0.1, 0.15) is 0 Å². The van der Waals surface area contributed by atoms with Crippen LogP contribution in [0.2, 0.25) is 0 Å². The van der Waals surface area contributed by atoms with Crippen molar-refractivity contribution in [3.63, 3.8) is 0 Å². The maximum Gasteiger partial charge on any atom is 0.152 e. The van der Waals surface area contributed by atoms with E-state index >= 15 is 0 Å². The van der Waals surface area contributed by atoms with Gasteiger partial charge in [0, 0.05) is 5.54 Å². The molecule has 1 fully saturated rings. The third-order valence-electron chi connectivity index (χ3n) is 2.31. The Morgan fingerprint density at radius 2 is 1.92 bits per heavy atom. The Morgan fingerprint density at radius 3 is 2.23 bits per heavy atom. The molecule has 78 valence electrons. The van der Waals surface area contributed by atoms with E-state index in [4.69, 9.17) is 5.73 Å². The minimum absolute atomic E-state index is 0.108. The van der Waals surface area contributed by atoms with Gasteiger partial charge in [-0.05, 0) is 32.6 Å². The molecule has 0 radical (unpaired) electrons. The molecule has 0 unspecified atom stereocenters.